The van der Waals surface area contributed by atoms with Crippen LogP contribution in [0.3, 0.4) is 0 Å². The molecule has 0 bridgehead atoms. The average molecular weight is 405 g/mol. The molecule has 2 heterocycles. The summed E-state index contributed by atoms with van der Waals surface area (Å²) in [6.07, 6.45) is 7.40. The zero-order valence-electron chi connectivity index (χ0n) is 15.2. The van der Waals surface area contributed by atoms with E-state index in [1.165, 1.54) is 48.0 Å². The lowest BCUT2D eigenvalue weighted by atomic mass is 10.1. The number of anilines is 1. The van der Waals surface area contributed by atoms with Crippen molar-refractivity contribution in [2.45, 2.75) is 38.5 Å². The lowest BCUT2D eigenvalue weighted by molar-refractivity contribution is -0.137. The summed E-state index contributed by atoms with van der Waals surface area (Å²) < 4.78 is 0.498. The average Bonchev–Trinajstić information content (AvgIpc) is 2.85. The quantitative estimate of drug-likeness (QED) is 0.568. The number of carbonyl (C=O) groups excluding carboxylic acids is 1. The molecule has 0 aromatic heterocycles. The van der Waals surface area contributed by atoms with Gasteiger partial charge in [-0.15, -0.1) is 0 Å². The molecular formula is C20H24N2O3S2. The third-order valence-electron chi connectivity index (χ3n) is 4.81. The molecule has 2 aliphatic rings. The van der Waals surface area contributed by atoms with Crippen molar-refractivity contribution in [3.63, 3.8) is 0 Å². The van der Waals surface area contributed by atoms with Crippen molar-refractivity contribution in [3.8, 4) is 0 Å². The lowest BCUT2D eigenvalue weighted by Crippen LogP contribution is -2.29. The molecular weight excluding hydrogens is 380 g/mol. The number of carboxylic acids is 1. The zero-order valence-corrected chi connectivity index (χ0v) is 16.9. The maximum atomic E-state index is 12.5. The van der Waals surface area contributed by atoms with Crippen LogP contribution in [0.15, 0.2) is 29.2 Å². The van der Waals surface area contributed by atoms with Gasteiger partial charge in [0.1, 0.15) is 4.32 Å². The number of thiocarbonyl (C=S) groups is 1. The highest BCUT2D eigenvalue weighted by Gasteiger charge is 2.31. The van der Waals surface area contributed by atoms with Crippen molar-refractivity contribution < 1.29 is 14.7 Å². The molecule has 2 aliphatic heterocycles. The summed E-state index contributed by atoms with van der Waals surface area (Å²) in [6.45, 7) is 2.56. The fourth-order valence-corrected chi connectivity index (χ4v) is 4.65. The van der Waals surface area contributed by atoms with Gasteiger partial charge < -0.3 is 10.0 Å². The van der Waals surface area contributed by atoms with Gasteiger partial charge in [-0.25, -0.2) is 0 Å². The van der Waals surface area contributed by atoms with Gasteiger partial charge in [-0.1, -0.05) is 49.0 Å². The smallest absolute Gasteiger partial charge is 0.303 e. The molecule has 0 atom stereocenters. The normalized spacial score (nSPS) is 19.6. The monoisotopic (exact) mass is 404 g/mol. The molecule has 0 spiro atoms. The summed E-state index contributed by atoms with van der Waals surface area (Å²) in [7, 11) is 0. The highest BCUT2D eigenvalue weighted by molar-refractivity contribution is 8.26. The summed E-state index contributed by atoms with van der Waals surface area (Å²) in [5.41, 5.74) is 2.20. The molecule has 5 nitrogen and oxygen atoms in total. The molecule has 7 heteroatoms. The molecule has 0 saturated carbocycles. The number of rotatable bonds is 6. The van der Waals surface area contributed by atoms with Crippen LogP contribution in [-0.4, -0.2) is 45.8 Å². The van der Waals surface area contributed by atoms with E-state index in [-0.39, 0.29) is 12.3 Å². The van der Waals surface area contributed by atoms with Crippen LogP contribution in [0, 0.1) is 0 Å². The van der Waals surface area contributed by atoms with Crippen LogP contribution in [0.4, 0.5) is 5.69 Å². The molecule has 0 radical (unpaired) electrons. The minimum absolute atomic E-state index is 0.0358. The maximum absolute atomic E-state index is 12.5. The van der Waals surface area contributed by atoms with Crippen molar-refractivity contribution in [2.24, 2.45) is 0 Å². The van der Waals surface area contributed by atoms with Crippen LogP contribution in [-0.2, 0) is 9.59 Å². The topological polar surface area (TPSA) is 60.9 Å². The van der Waals surface area contributed by atoms with Crippen LogP contribution >= 0.6 is 24.0 Å². The Morgan fingerprint density at radius 2 is 1.81 bits per heavy atom. The minimum atomic E-state index is -0.861. The number of carbonyl (C=O) groups is 2. The Hall–Kier alpha value is -1.86. The highest BCUT2D eigenvalue weighted by atomic mass is 32.2. The van der Waals surface area contributed by atoms with Crippen LogP contribution in [0.2, 0.25) is 0 Å². The maximum Gasteiger partial charge on any atom is 0.303 e. The van der Waals surface area contributed by atoms with E-state index in [4.69, 9.17) is 17.3 Å². The lowest BCUT2D eigenvalue weighted by Gasteiger charge is -2.22. The van der Waals surface area contributed by atoms with Gasteiger partial charge in [0, 0.05) is 31.7 Å². The van der Waals surface area contributed by atoms with E-state index in [2.05, 4.69) is 17.0 Å². The number of amides is 1. The summed E-state index contributed by atoms with van der Waals surface area (Å²) in [4.78, 5) is 27.7. The molecule has 1 aromatic carbocycles. The number of thioether (sulfide) groups is 1. The second-order valence-electron chi connectivity index (χ2n) is 6.82. The van der Waals surface area contributed by atoms with Crippen LogP contribution in [0.5, 0.6) is 0 Å². The SMILES string of the molecule is O=C(O)CCCN1C(=O)C(=Cc2ccc(N3CCCCCC3)cc2)SC1=S. The molecule has 3 rings (SSSR count). The zero-order chi connectivity index (χ0) is 19.2. The number of hydrogen-bond acceptors (Lipinski definition) is 5. The van der Waals surface area contributed by atoms with Gasteiger partial charge in [-0.2, -0.15) is 0 Å². The fourth-order valence-electron chi connectivity index (χ4n) is 3.34. The van der Waals surface area contributed by atoms with E-state index in [1.807, 2.05) is 18.2 Å². The van der Waals surface area contributed by atoms with E-state index in [1.54, 1.807) is 0 Å². The molecule has 0 unspecified atom stereocenters. The number of carboxylic acid groups (broad SMARTS) is 1. The number of nitrogens with zero attached hydrogens (tertiary/aromatic N) is 2. The Morgan fingerprint density at radius 3 is 2.44 bits per heavy atom. The Labute approximate surface area is 169 Å². The molecule has 1 amide bonds. The Morgan fingerprint density at radius 1 is 1.15 bits per heavy atom. The predicted molar refractivity (Wildman–Crippen MR) is 114 cm³/mol. The van der Waals surface area contributed by atoms with Crippen molar-refractivity contribution in [1.82, 2.24) is 4.90 Å². The largest absolute Gasteiger partial charge is 0.481 e. The fraction of sp³-hybridized carbons (Fsp3) is 0.450. The second-order valence-corrected chi connectivity index (χ2v) is 8.50. The van der Waals surface area contributed by atoms with Gasteiger partial charge >= 0.3 is 5.97 Å². The second kappa shape index (κ2) is 9.37. The first-order chi connectivity index (χ1) is 13.0. The van der Waals surface area contributed by atoms with Crippen molar-refractivity contribution in [1.29, 1.82) is 0 Å². The summed E-state index contributed by atoms with van der Waals surface area (Å²) in [5, 5.41) is 8.74. The standard InChI is InChI=1S/C20H24N2O3S2/c23-18(24)6-5-13-22-19(25)17(27-20(22)26)14-15-7-9-16(10-8-15)21-11-3-1-2-4-12-21/h7-10,14H,1-6,11-13H2,(H,23,24). The molecule has 144 valence electrons. The molecule has 1 aromatic rings. The van der Waals surface area contributed by atoms with Crippen LogP contribution in [0.1, 0.15) is 44.1 Å². The van der Waals surface area contributed by atoms with Gasteiger partial charge in [0.05, 0.1) is 4.91 Å². The number of hydrogen-bond donors (Lipinski definition) is 1. The van der Waals surface area contributed by atoms with Gasteiger partial charge in [0.15, 0.2) is 0 Å². The van der Waals surface area contributed by atoms with Gasteiger partial charge in [0.25, 0.3) is 5.91 Å². The molecule has 0 aliphatic carbocycles. The third kappa shape index (κ3) is 5.32. The Bertz CT molecular complexity index is 738. The van der Waals surface area contributed by atoms with Crippen LogP contribution in [0.25, 0.3) is 6.08 Å². The number of benzene rings is 1. The van der Waals surface area contributed by atoms with Gasteiger partial charge in [0.2, 0.25) is 0 Å². The minimum Gasteiger partial charge on any atom is -0.481 e. The van der Waals surface area contributed by atoms with Crippen LogP contribution < -0.4 is 4.90 Å². The Balaban J connectivity index is 1.64. The van der Waals surface area contributed by atoms with E-state index < -0.39 is 5.97 Å². The van der Waals surface area contributed by atoms with E-state index in [0.717, 1.165) is 18.7 Å². The molecule has 2 fully saturated rings. The van der Waals surface area contributed by atoms with Crippen molar-refractivity contribution in [3.05, 3.63) is 34.7 Å². The summed E-state index contributed by atoms with van der Waals surface area (Å²) in [5.74, 6) is -0.993. The molecule has 2 saturated heterocycles. The predicted octanol–water partition coefficient (Wildman–Crippen LogP) is 4.13. The first kappa shape index (κ1) is 19.9. The van der Waals surface area contributed by atoms with Gasteiger partial charge in [-0.3, -0.25) is 14.5 Å². The van der Waals surface area contributed by atoms with E-state index in [0.29, 0.717) is 22.2 Å². The van der Waals surface area contributed by atoms with Crippen molar-refractivity contribution in [2.75, 3.05) is 24.5 Å². The molecule has 27 heavy (non-hydrogen) atoms. The van der Waals surface area contributed by atoms with Gasteiger partial charge in [-0.05, 0) is 43.0 Å². The van der Waals surface area contributed by atoms with E-state index in [9.17, 15) is 9.59 Å². The first-order valence-corrected chi connectivity index (χ1v) is 10.6. The summed E-state index contributed by atoms with van der Waals surface area (Å²) in [6, 6.07) is 8.31. The third-order valence-corrected chi connectivity index (χ3v) is 6.19. The highest BCUT2D eigenvalue weighted by Crippen LogP contribution is 2.33. The number of aliphatic carboxylic acids is 1. The summed E-state index contributed by atoms with van der Waals surface area (Å²) >= 11 is 6.56. The molecule has 1 N–H and O–H groups in total. The van der Waals surface area contributed by atoms with Crippen molar-refractivity contribution >= 4 is 51.9 Å². The Kier molecular flexibility index (Phi) is 6.90. The van der Waals surface area contributed by atoms with E-state index >= 15 is 0 Å². The first-order valence-electron chi connectivity index (χ1n) is 9.37.